The highest BCUT2D eigenvalue weighted by Crippen LogP contribution is 2.33. The van der Waals surface area contributed by atoms with Gasteiger partial charge in [-0.1, -0.05) is 59.6 Å². The van der Waals surface area contributed by atoms with Gasteiger partial charge in [0.15, 0.2) is 11.5 Å². The van der Waals surface area contributed by atoms with Crippen LogP contribution < -0.4 is 14.8 Å². The summed E-state index contributed by atoms with van der Waals surface area (Å²) in [6.07, 6.45) is 0. The number of anilines is 1. The maximum atomic E-state index is 6.24. The molecule has 0 fully saturated rings. The van der Waals surface area contributed by atoms with Crippen molar-refractivity contribution in [2.45, 2.75) is 20.1 Å². The summed E-state index contributed by atoms with van der Waals surface area (Å²) in [5.41, 5.74) is 3.91. The lowest BCUT2D eigenvalue weighted by Gasteiger charge is -2.16. The van der Waals surface area contributed by atoms with Crippen LogP contribution in [-0.4, -0.2) is 7.11 Å². The van der Waals surface area contributed by atoms with Crippen molar-refractivity contribution in [3.8, 4) is 11.5 Å². The van der Waals surface area contributed by atoms with E-state index in [1.165, 1.54) is 0 Å². The number of hydrogen-bond donors (Lipinski definition) is 1. The molecule has 27 heavy (non-hydrogen) atoms. The first-order chi connectivity index (χ1) is 13.1. The smallest absolute Gasteiger partial charge is 0.166 e. The molecule has 0 heterocycles. The average Bonchev–Trinajstić information content (AvgIpc) is 2.68. The largest absolute Gasteiger partial charge is 0.493 e. The SMILES string of the molecule is COc1cccc(CNc2ccc(C)c(Cl)c2)c1OCc1ccccc1Cl. The van der Waals surface area contributed by atoms with Gasteiger partial charge in [-0.05, 0) is 36.8 Å². The Hall–Kier alpha value is -2.36. The number of aryl methyl sites for hydroxylation is 1. The predicted molar refractivity (Wildman–Crippen MR) is 112 cm³/mol. The zero-order valence-corrected chi connectivity index (χ0v) is 16.8. The number of halogens is 2. The molecule has 0 saturated carbocycles. The van der Waals surface area contributed by atoms with Gasteiger partial charge in [-0.25, -0.2) is 0 Å². The van der Waals surface area contributed by atoms with Crippen molar-refractivity contribution >= 4 is 28.9 Å². The molecular formula is C22H21Cl2NO2. The fraction of sp³-hybridized carbons (Fsp3) is 0.182. The highest BCUT2D eigenvalue weighted by molar-refractivity contribution is 6.31. The molecule has 0 radical (unpaired) electrons. The number of hydrogen-bond acceptors (Lipinski definition) is 3. The molecule has 0 spiro atoms. The minimum atomic E-state index is 0.364. The third-order valence-electron chi connectivity index (χ3n) is 4.27. The van der Waals surface area contributed by atoms with Crippen molar-refractivity contribution in [3.63, 3.8) is 0 Å². The van der Waals surface area contributed by atoms with E-state index in [2.05, 4.69) is 5.32 Å². The minimum absolute atomic E-state index is 0.364. The van der Waals surface area contributed by atoms with Gasteiger partial charge in [0.1, 0.15) is 6.61 Å². The molecule has 0 amide bonds. The van der Waals surface area contributed by atoms with Crippen molar-refractivity contribution in [1.82, 2.24) is 0 Å². The molecule has 140 valence electrons. The highest BCUT2D eigenvalue weighted by atomic mass is 35.5. The van der Waals surface area contributed by atoms with Crippen molar-refractivity contribution in [2.24, 2.45) is 0 Å². The first-order valence-corrected chi connectivity index (χ1v) is 9.36. The molecule has 3 rings (SSSR count). The Balaban J connectivity index is 1.78. The number of ether oxygens (including phenoxy) is 2. The monoisotopic (exact) mass is 401 g/mol. The third kappa shape index (κ3) is 4.88. The van der Waals surface area contributed by atoms with E-state index in [0.29, 0.717) is 29.7 Å². The van der Waals surface area contributed by atoms with Crippen LogP contribution in [0.3, 0.4) is 0 Å². The van der Waals surface area contributed by atoms with Gasteiger partial charge in [0.05, 0.1) is 7.11 Å². The molecular weight excluding hydrogens is 381 g/mol. The summed E-state index contributed by atoms with van der Waals surface area (Å²) in [5.74, 6) is 1.38. The maximum Gasteiger partial charge on any atom is 0.166 e. The fourth-order valence-corrected chi connectivity index (χ4v) is 3.06. The summed E-state index contributed by atoms with van der Waals surface area (Å²) in [7, 11) is 1.63. The van der Waals surface area contributed by atoms with Crippen LogP contribution in [0.15, 0.2) is 60.7 Å². The van der Waals surface area contributed by atoms with Crippen LogP contribution in [0.1, 0.15) is 16.7 Å². The molecule has 1 N–H and O–H groups in total. The highest BCUT2D eigenvalue weighted by Gasteiger charge is 2.12. The Morgan fingerprint density at radius 3 is 2.41 bits per heavy atom. The van der Waals surface area contributed by atoms with E-state index in [1.807, 2.05) is 67.6 Å². The standard InChI is InChI=1S/C22H21Cl2NO2/c1-15-10-11-18(12-20(15)24)25-13-16-7-5-9-21(26-2)22(16)27-14-17-6-3-4-8-19(17)23/h3-12,25H,13-14H2,1-2H3. The number of benzene rings is 3. The van der Waals surface area contributed by atoms with E-state index < -0.39 is 0 Å². The lowest BCUT2D eigenvalue weighted by molar-refractivity contribution is 0.282. The van der Waals surface area contributed by atoms with Crippen molar-refractivity contribution in [3.05, 3.63) is 87.4 Å². The number of nitrogens with one attached hydrogen (secondary N) is 1. The zero-order chi connectivity index (χ0) is 19.2. The van der Waals surface area contributed by atoms with Crippen molar-refractivity contribution in [2.75, 3.05) is 12.4 Å². The van der Waals surface area contributed by atoms with Gasteiger partial charge >= 0.3 is 0 Å². The quantitative estimate of drug-likeness (QED) is 0.489. The van der Waals surface area contributed by atoms with E-state index >= 15 is 0 Å². The summed E-state index contributed by atoms with van der Waals surface area (Å²) >= 11 is 12.4. The summed E-state index contributed by atoms with van der Waals surface area (Å²) in [6.45, 7) is 2.92. The molecule has 0 aliphatic heterocycles. The number of methoxy groups -OCH3 is 1. The van der Waals surface area contributed by atoms with Crippen LogP contribution in [0.2, 0.25) is 10.0 Å². The minimum Gasteiger partial charge on any atom is -0.493 e. The topological polar surface area (TPSA) is 30.5 Å². The van der Waals surface area contributed by atoms with E-state index in [-0.39, 0.29) is 0 Å². The maximum absolute atomic E-state index is 6.24. The predicted octanol–water partition coefficient (Wildman–Crippen LogP) is 6.50. The molecule has 3 nitrogen and oxygen atoms in total. The van der Waals surface area contributed by atoms with Gasteiger partial charge in [-0.3, -0.25) is 0 Å². The van der Waals surface area contributed by atoms with Crippen LogP contribution in [0, 0.1) is 6.92 Å². The van der Waals surface area contributed by atoms with E-state index in [9.17, 15) is 0 Å². The van der Waals surface area contributed by atoms with Crippen LogP contribution in [-0.2, 0) is 13.2 Å². The van der Waals surface area contributed by atoms with Gasteiger partial charge in [-0.15, -0.1) is 0 Å². The Bertz CT molecular complexity index is 928. The first kappa shape index (κ1) is 19.4. The van der Waals surface area contributed by atoms with Crippen molar-refractivity contribution in [1.29, 1.82) is 0 Å². The van der Waals surface area contributed by atoms with Gasteiger partial charge < -0.3 is 14.8 Å². The molecule has 0 bridgehead atoms. The molecule has 0 unspecified atom stereocenters. The van der Waals surface area contributed by atoms with E-state index in [1.54, 1.807) is 7.11 Å². The van der Waals surface area contributed by atoms with Crippen LogP contribution in [0.4, 0.5) is 5.69 Å². The van der Waals surface area contributed by atoms with Gasteiger partial charge in [0.25, 0.3) is 0 Å². The van der Waals surface area contributed by atoms with Crippen LogP contribution in [0.5, 0.6) is 11.5 Å². The normalized spacial score (nSPS) is 10.5. The zero-order valence-electron chi connectivity index (χ0n) is 15.3. The summed E-state index contributed by atoms with van der Waals surface area (Å²) < 4.78 is 11.6. The Morgan fingerprint density at radius 2 is 1.67 bits per heavy atom. The van der Waals surface area contributed by atoms with Gasteiger partial charge in [-0.2, -0.15) is 0 Å². The van der Waals surface area contributed by atoms with Gasteiger partial charge in [0.2, 0.25) is 0 Å². The molecule has 0 atom stereocenters. The Labute approximate surface area is 169 Å². The van der Waals surface area contributed by atoms with Gasteiger partial charge in [0, 0.05) is 33.4 Å². The Kier molecular flexibility index (Phi) is 6.49. The second kappa shape index (κ2) is 9.03. The van der Waals surface area contributed by atoms with Crippen LogP contribution >= 0.6 is 23.2 Å². The lowest BCUT2D eigenvalue weighted by Crippen LogP contribution is -2.05. The Morgan fingerprint density at radius 1 is 0.889 bits per heavy atom. The summed E-state index contributed by atoms with van der Waals surface area (Å²) in [5, 5.41) is 4.80. The molecule has 0 aliphatic rings. The van der Waals surface area contributed by atoms with E-state index in [0.717, 1.165) is 27.4 Å². The number of rotatable bonds is 7. The van der Waals surface area contributed by atoms with E-state index in [4.69, 9.17) is 32.7 Å². The molecule has 0 saturated heterocycles. The molecule has 5 heteroatoms. The van der Waals surface area contributed by atoms with Crippen molar-refractivity contribution < 1.29 is 9.47 Å². The lowest BCUT2D eigenvalue weighted by atomic mass is 10.1. The molecule has 0 aliphatic carbocycles. The third-order valence-corrected chi connectivity index (χ3v) is 5.04. The number of para-hydroxylation sites is 1. The molecule has 3 aromatic carbocycles. The second-order valence-corrected chi connectivity index (χ2v) is 6.96. The molecule has 0 aromatic heterocycles. The molecule has 3 aromatic rings. The van der Waals surface area contributed by atoms with Crippen LogP contribution in [0.25, 0.3) is 0 Å². The summed E-state index contributed by atoms with van der Waals surface area (Å²) in [4.78, 5) is 0. The fourth-order valence-electron chi connectivity index (χ4n) is 2.69. The second-order valence-electron chi connectivity index (χ2n) is 6.15. The first-order valence-electron chi connectivity index (χ1n) is 8.60. The summed E-state index contributed by atoms with van der Waals surface area (Å²) in [6, 6.07) is 19.4. The average molecular weight is 402 g/mol.